The van der Waals surface area contributed by atoms with Crippen LogP contribution in [0.3, 0.4) is 0 Å². The molecule has 1 heterocycles. The van der Waals surface area contributed by atoms with Crippen LogP contribution in [-0.4, -0.2) is 35.9 Å². The smallest absolute Gasteiger partial charge is 0.329 e. The van der Waals surface area contributed by atoms with Gasteiger partial charge in [0.15, 0.2) is 0 Å². The van der Waals surface area contributed by atoms with Crippen LogP contribution >= 0.6 is 11.6 Å². The minimum absolute atomic E-state index is 0.133. The number of anilines is 1. The van der Waals surface area contributed by atoms with E-state index in [0.717, 1.165) is 6.07 Å². The molecule has 1 saturated heterocycles. The molecular weight excluding hydrogens is 303 g/mol. The van der Waals surface area contributed by atoms with Crippen molar-refractivity contribution in [3.05, 3.63) is 29.0 Å². The third kappa shape index (κ3) is 3.62. The maximum absolute atomic E-state index is 13.0. The van der Waals surface area contributed by atoms with Crippen LogP contribution in [0.5, 0.6) is 0 Å². The molecule has 0 radical (unpaired) electrons. The van der Waals surface area contributed by atoms with Crippen molar-refractivity contribution in [3.8, 4) is 0 Å². The largest absolute Gasteiger partial charge is 0.480 e. The van der Waals surface area contributed by atoms with Gasteiger partial charge in [0, 0.05) is 31.7 Å². The van der Waals surface area contributed by atoms with Crippen LogP contribution in [0, 0.1) is 5.82 Å². The van der Waals surface area contributed by atoms with E-state index in [1.807, 2.05) is 0 Å². The Labute approximate surface area is 125 Å². The SMILES string of the molecule is O=C(Nc1ccc(F)c(Cl)c1)NC1(C(=O)O)CCOCC1. The fourth-order valence-electron chi connectivity index (χ4n) is 2.07. The summed E-state index contributed by atoms with van der Waals surface area (Å²) in [6, 6.07) is 2.99. The fourth-order valence-corrected chi connectivity index (χ4v) is 2.25. The Morgan fingerprint density at radius 2 is 2.00 bits per heavy atom. The van der Waals surface area contributed by atoms with Crippen LogP contribution in [-0.2, 0) is 9.53 Å². The van der Waals surface area contributed by atoms with E-state index in [0.29, 0.717) is 0 Å². The van der Waals surface area contributed by atoms with Crippen molar-refractivity contribution in [3.63, 3.8) is 0 Å². The van der Waals surface area contributed by atoms with Gasteiger partial charge in [0.1, 0.15) is 11.4 Å². The number of hydrogen-bond donors (Lipinski definition) is 3. The van der Waals surface area contributed by atoms with Gasteiger partial charge in [-0.1, -0.05) is 11.6 Å². The molecule has 8 heteroatoms. The number of nitrogens with one attached hydrogen (secondary N) is 2. The Balaban J connectivity index is 2.05. The van der Waals surface area contributed by atoms with Gasteiger partial charge in [-0.2, -0.15) is 0 Å². The van der Waals surface area contributed by atoms with Crippen molar-refractivity contribution in [2.24, 2.45) is 0 Å². The van der Waals surface area contributed by atoms with Gasteiger partial charge in [-0.05, 0) is 18.2 Å². The van der Waals surface area contributed by atoms with E-state index in [1.165, 1.54) is 12.1 Å². The highest BCUT2D eigenvalue weighted by Gasteiger charge is 2.41. The van der Waals surface area contributed by atoms with Gasteiger partial charge >= 0.3 is 12.0 Å². The van der Waals surface area contributed by atoms with Crippen LogP contribution in [0.2, 0.25) is 5.02 Å². The van der Waals surface area contributed by atoms with Gasteiger partial charge in [0.2, 0.25) is 0 Å². The quantitative estimate of drug-likeness (QED) is 0.798. The number of carbonyl (C=O) groups excluding carboxylic acids is 1. The second-order valence-electron chi connectivity index (χ2n) is 4.71. The van der Waals surface area contributed by atoms with Crippen molar-refractivity contribution in [1.82, 2.24) is 5.32 Å². The predicted molar refractivity (Wildman–Crippen MR) is 74.0 cm³/mol. The molecule has 6 nitrogen and oxygen atoms in total. The molecule has 1 aromatic rings. The maximum Gasteiger partial charge on any atom is 0.329 e. The van der Waals surface area contributed by atoms with E-state index < -0.39 is 23.4 Å². The van der Waals surface area contributed by atoms with Gasteiger partial charge in [0.25, 0.3) is 0 Å². The maximum atomic E-state index is 13.0. The number of hydrogen-bond acceptors (Lipinski definition) is 3. The second kappa shape index (κ2) is 6.28. The molecule has 0 bridgehead atoms. The molecule has 0 saturated carbocycles. The van der Waals surface area contributed by atoms with E-state index in [1.54, 1.807) is 0 Å². The molecule has 0 aliphatic carbocycles. The van der Waals surface area contributed by atoms with Gasteiger partial charge in [0.05, 0.1) is 5.02 Å². The molecule has 21 heavy (non-hydrogen) atoms. The number of urea groups is 1. The molecule has 1 aliphatic heterocycles. The third-order valence-electron chi connectivity index (χ3n) is 3.29. The van der Waals surface area contributed by atoms with Crippen molar-refractivity contribution < 1.29 is 23.8 Å². The van der Waals surface area contributed by atoms with Crippen molar-refractivity contribution in [2.45, 2.75) is 18.4 Å². The topological polar surface area (TPSA) is 87.7 Å². The molecule has 1 aromatic carbocycles. The van der Waals surface area contributed by atoms with Crippen molar-refractivity contribution in [1.29, 1.82) is 0 Å². The summed E-state index contributed by atoms with van der Waals surface area (Å²) in [5.41, 5.74) is -1.09. The lowest BCUT2D eigenvalue weighted by Gasteiger charge is -2.33. The number of halogens is 2. The second-order valence-corrected chi connectivity index (χ2v) is 5.11. The minimum Gasteiger partial charge on any atom is -0.480 e. The highest BCUT2D eigenvalue weighted by atomic mass is 35.5. The first-order valence-electron chi connectivity index (χ1n) is 6.28. The number of carbonyl (C=O) groups is 2. The lowest BCUT2D eigenvalue weighted by Crippen LogP contribution is -2.58. The van der Waals surface area contributed by atoms with Crippen LogP contribution in [0.15, 0.2) is 18.2 Å². The molecular formula is C13H14ClFN2O4. The van der Waals surface area contributed by atoms with Crippen molar-refractivity contribution in [2.75, 3.05) is 18.5 Å². The summed E-state index contributed by atoms with van der Waals surface area (Å²) in [6.45, 7) is 0.518. The summed E-state index contributed by atoms with van der Waals surface area (Å²) >= 11 is 5.61. The number of aliphatic carboxylic acids is 1. The molecule has 2 amide bonds. The summed E-state index contributed by atoms with van der Waals surface area (Å²) in [6.07, 6.45) is 0.361. The van der Waals surface area contributed by atoms with E-state index in [9.17, 15) is 19.1 Å². The molecule has 2 rings (SSSR count). The van der Waals surface area contributed by atoms with Gasteiger partial charge in [-0.3, -0.25) is 0 Å². The zero-order valence-electron chi connectivity index (χ0n) is 11.0. The first-order chi connectivity index (χ1) is 9.93. The molecule has 0 atom stereocenters. The van der Waals surface area contributed by atoms with Crippen LogP contribution in [0.4, 0.5) is 14.9 Å². The van der Waals surface area contributed by atoms with E-state index in [4.69, 9.17) is 16.3 Å². The number of rotatable bonds is 3. The molecule has 0 unspecified atom stereocenters. The fraction of sp³-hybridized carbons (Fsp3) is 0.385. The Bertz CT molecular complexity index is 561. The lowest BCUT2D eigenvalue weighted by atomic mass is 9.90. The van der Waals surface area contributed by atoms with Gasteiger partial charge < -0.3 is 20.5 Å². The Morgan fingerprint density at radius 3 is 2.57 bits per heavy atom. The normalized spacial score (nSPS) is 17.0. The zero-order chi connectivity index (χ0) is 15.5. The van der Waals surface area contributed by atoms with E-state index in [2.05, 4.69) is 10.6 Å². The highest BCUT2D eigenvalue weighted by Crippen LogP contribution is 2.22. The lowest BCUT2D eigenvalue weighted by molar-refractivity contribution is -0.148. The number of carboxylic acid groups (broad SMARTS) is 1. The molecule has 0 aromatic heterocycles. The van der Waals surface area contributed by atoms with E-state index in [-0.39, 0.29) is 36.8 Å². The van der Waals surface area contributed by atoms with Crippen LogP contribution in [0.25, 0.3) is 0 Å². The monoisotopic (exact) mass is 316 g/mol. The van der Waals surface area contributed by atoms with Crippen molar-refractivity contribution >= 4 is 29.3 Å². The summed E-state index contributed by atoms with van der Waals surface area (Å²) in [4.78, 5) is 23.3. The summed E-state index contributed by atoms with van der Waals surface area (Å²) in [5, 5.41) is 14.1. The average molecular weight is 317 g/mol. The molecule has 1 fully saturated rings. The van der Waals surface area contributed by atoms with Gasteiger partial charge in [-0.25, -0.2) is 14.0 Å². The van der Waals surface area contributed by atoms with Crippen LogP contribution < -0.4 is 10.6 Å². The number of carboxylic acids is 1. The first-order valence-corrected chi connectivity index (χ1v) is 6.66. The highest BCUT2D eigenvalue weighted by molar-refractivity contribution is 6.31. The Kier molecular flexibility index (Phi) is 4.64. The predicted octanol–water partition coefficient (Wildman–Crippen LogP) is 2.23. The standard InChI is InChI=1S/C13H14ClFN2O4/c14-9-7-8(1-2-10(9)15)16-12(20)17-13(11(18)19)3-5-21-6-4-13/h1-2,7H,3-6H2,(H,18,19)(H2,16,17,20). The van der Waals surface area contributed by atoms with E-state index >= 15 is 0 Å². The summed E-state index contributed by atoms with van der Waals surface area (Å²) in [5.74, 6) is -1.72. The number of benzene rings is 1. The molecule has 114 valence electrons. The Morgan fingerprint density at radius 1 is 1.33 bits per heavy atom. The zero-order valence-corrected chi connectivity index (χ0v) is 11.7. The average Bonchev–Trinajstić information content (AvgIpc) is 2.43. The third-order valence-corrected chi connectivity index (χ3v) is 3.58. The van der Waals surface area contributed by atoms with Gasteiger partial charge in [-0.15, -0.1) is 0 Å². The summed E-state index contributed by atoms with van der Waals surface area (Å²) in [7, 11) is 0. The molecule has 0 spiro atoms. The first kappa shape index (κ1) is 15.5. The number of amides is 2. The molecule has 3 N–H and O–H groups in total. The minimum atomic E-state index is -1.36. The summed E-state index contributed by atoms with van der Waals surface area (Å²) < 4.78 is 18.1. The number of ether oxygens (including phenoxy) is 1. The van der Waals surface area contributed by atoms with Crippen LogP contribution in [0.1, 0.15) is 12.8 Å². The Hall–Kier alpha value is -1.86. The molecule has 1 aliphatic rings.